The second kappa shape index (κ2) is 8.61. The van der Waals surface area contributed by atoms with Crippen LogP contribution in [-0.2, 0) is 18.8 Å². The number of imidazole rings is 1. The fraction of sp³-hybridized carbons (Fsp3) is 0.350. The van der Waals surface area contributed by atoms with Crippen LogP contribution in [0.2, 0.25) is 0 Å². The number of nitrogens with zero attached hydrogens (tertiary/aromatic N) is 7. The van der Waals surface area contributed by atoms with E-state index in [-0.39, 0.29) is 23.8 Å². The molecule has 0 bridgehead atoms. The van der Waals surface area contributed by atoms with Gasteiger partial charge < -0.3 is 14.3 Å². The summed E-state index contributed by atoms with van der Waals surface area (Å²) in [7, 11) is 0. The van der Waals surface area contributed by atoms with Crippen molar-refractivity contribution in [2.24, 2.45) is 4.47 Å². The fourth-order valence-electron chi connectivity index (χ4n) is 3.59. The predicted octanol–water partition coefficient (Wildman–Crippen LogP) is 2.85. The molecule has 0 aliphatic carbocycles. The van der Waals surface area contributed by atoms with E-state index < -0.39 is 0 Å². The van der Waals surface area contributed by atoms with Crippen molar-refractivity contribution in [2.75, 3.05) is 6.54 Å². The minimum Gasteiger partial charge on any atom is -0.417 e. The van der Waals surface area contributed by atoms with Crippen LogP contribution in [0.5, 0.6) is 0 Å². The summed E-state index contributed by atoms with van der Waals surface area (Å²) in [6.07, 6.45) is 9.81. The lowest BCUT2D eigenvalue weighted by Crippen LogP contribution is -2.40. The summed E-state index contributed by atoms with van der Waals surface area (Å²) in [6.45, 7) is 4.33. The maximum atomic E-state index is 13.2. The number of carbonyl (C=O) groups is 1. The molecule has 10 nitrogen and oxygen atoms in total. The standard InChI is InChI=1S/C20H20N8O2S/c1-12(2)18-24-25-19(30-18)20(29)27-9-8-15-17(23-11-22-15)16(27)7-6-13-4-3-5-14(10-21)28(13)26-31/h3-6,11-12,16H,7-9H2,1-2H3,(H,22,23)/b13-6-/t16-/m0/s1. The molecular weight excluding hydrogens is 416 g/mol. The van der Waals surface area contributed by atoms with Crippen molar-refractivity contribution in [3.05, 3.63) is 65.2 Å². The Balaban J connectivity index is 1.63. The van der Waals surface area contributed by atoms with E-state index in [4.69, 9.17) is 16.8 Å². The zero-order chi connectivity index (χ0) is 22.0. The molecule has 0 saturated heterocycles. The molecule has 2 aliphatic heterocycles. The molecule has 0 spiro atoms. The minimum atomic E-state index is -0.346. The van der Waals surface area contributed by atoms with Crippen molar-refractivity contribution in [3.63, 3.8) is 0 Å². The summed E-state index contributed by atoms with van der Waals surface area (Å²) >= 11 is 4.84. The molecule has 31 heavy (non-hydrogen) atoms. The third kappa shape index (κ3) is 3.89. The molecule has 2 aliphatic rings. The van der Waals surface area contributed by atoms with Gasteiger partial charge in [-0.15, -0.1) is 10.2 Å². The van der Waals surface area contributed by atoms with Crippen LogP contribution in [-0.4, -0.2) is 42.5 Å². The first-order valence-electron chi connectivity index (χ1n) is 9.82. The lowest BCUT2D eigenvalue weighted by molar-refractivity contribution is 0.0613. The molecule has 2 aromatic heterocycles. The SMILES string of the molecule is CC(C)c1nnc(C(=O)N2CCc3[nH]cnc3[C@@H]2C/C=C2/C=CC=C(C#N)N2N=S)o1. The highest BCUT2D eigenvalue weighted by molar-refractivity contribution is 7.47. The lowest BCUT2D eigenvalue weighted by Gasteiger charge is -2.33. The highest BCUT2D eigenvalue weighted by Gasteiger charge is 2.35. The first-order chi connectivity index (χ1) is 15.0. The van der Waals surface area contributed by atoms with Crippen molar-refractivity contribution < 1.29 is 9.21 Å². The highest BCUT2D eigenvalue weighted by atomic mass is 32.1. The van der Waals surface area contributed by atoms with E-state index in [0.717, 1.165) is 11.4 Å². The van der Waals surface area contributed by atoms with Crippen LogP contribution >= 0.6 is 0 Å². The maximum Gasteiger partial charge on any atom is 0.311 e. The third-order valence-electron chi connectivity index (χ3n) is 5.16. The summed E-state index contributed by atoms with van der Waals surface area (Å²) in [5.41, 5.74) is 2.76. The Morgan fingerprint density at radius 2 is 2.35 bits per heavy atom. The fourth-order valence-corrected chi connectivity index (χ4v) is 3.78. The number of allylic oxidation sites excluding steroid dienone is 4. The van der Waals surface area contributed by atoms with E-state index in [1.54, 1.807) is 23.4 Å². The molecule has 1 N–H and O–H groups in total. The normalized spacial score (nSPS) is 19.4. The Morgan fingerprint density at radius 3 is 3.06 bits per heavy atom. The number of aromatic nitrogens is 4. The molecule has 0 unspecified atom stereocenters. The third-order valence-corrected chi connectivity index (χ3v) is 5.33. The van der Waals surface area contributed by atoms with Crippen LogP contribution < -0.4 is 0 Å². The molecule has 4 rings (SSSR count). The van der Waals surface area contributed by atoms with Gasteiger partial charge in [0.15, 0.2) is 0 Å². The van der Waals surface area contributed by atoms with E-state index in [1.165, 1.54) is 5.01 Å². The van der Waals surface area contributed by atoms with Gasteiger partial charge in [0.25, 0.3) is 0 Å². The Morgan fingerprint density at radius 1 is 1.52 bits per heavy atom. The Bertz CT molecular complexity index is 1140. The van der Waals surface area contributed by atoms with Crippen LogP contribution in [0.4, 0.5) is 0 Å². The average molecular weight is 437 g/mol. The number of amides is 1. The Labute approximate surface area is 184 Å². The molecule has 4 heterocycles. The van der Waals surface area contributed by atoms with E-state index in [9.17, 15) is 10.1 Å². The average Bonchev–Trinajstić information content (AvgIpc) is 3.46. The Hall–Kier alpha value is -3.65. The quantitative estimate of drug-likeness (QED) is 0.758. The molecule has 11 heteroatoms. The van der Waals surface area contributed by atoms with Crippen molar-refractivity contribution in [2.45, 2.75) is 38.6 Å². The number of nitrogens with one attached hydrogen (secondary N) is 1. The number of rotatable bonds is 5. The van der Waals surface area contributed by atoms with Crippen LogP contribution in [0, 0.1) is 11.3 Å². The molecule has 1 atom stereocenters. The molecule has 158 valence electrons. The number of hydrogen-bond acceptors (Lipinski definition) is 8. The molecular formula is C20H20N8O2S. The van der Waals surface area contributed by atoms with Crippen LogP contribution in [0.15, 0.2) is 50.9 Å². The minimum absolute atomic E-state index is 0.0301. The molecule has 0 radical (unpaired) electrons. The second-order valence-electron chi connectivity index (χ2n) is 7.41. The Kier molecular flexibility index (Phi) is 5.73. The van der Waals surface area contributed by atoms with E-state index in [2.05, 4.69) is 30.7 Å². The van der Waals surface area contributed by atoms with Crippen LogP contribution in [0.3, 0.4) is 0 Å². The largest absolute Gasteiger partial charge is 0.417 e. The zero-order valence-electron chi connectivity index (χ0n) is 17.0. The number of nitriles is 1. The van der Waals surface area contributed by atoms with E-state index >= 15 is 0 Å². The van der Waals surface area contributed by atoms with Gasteiger partial charge in [-0.05, 0) is 18.6 Å². The first-order valence-corrected chi connectivity index (χ1v) is 10.2. The summed E-state index contributed by atoms with van der Waals surface area (Å²) in [4.78, 5) is 22.5. The number of fused-ring (bicyclic) bond motifs is 1. The van der Waals surface area contributed by atoms with Crippen molar-refractivity contribution in [1.29, 1.82) is 5.26 Å². The predicted molar refractivity (Wildman–Crippen MR) is 112 cm³/mol. The lowest BCUT2D eigenvalue weighted by atomic mass is 9.98. The van der Waals surface area contributed by atoms with E-state index in [1.807, 2.05) is 26.0 Å². The van der Waals surface area contributed by atoms with Gasteiger partial charge in [-0.25, -0.2) is 9.99 Å². The number of hydrogen-bond donors (Lipinski definition) is 1. The zero-order valence-corrected chi connectivity index (χ0v) is 17.8. The van der Waals surface area contributed by atoms with Gasteiger partial charge >= 0.3 is 11.8 Å². The van der Waals surface area contributed by atoms with Gasteiger partial charge in [-0.2, -0.15) is 5.26 Å². The van der Waals surface area contributed by atoms with Gasteiger partial charge in [0.1, 0.15) is 11.8 Å². The monoisotopic (exact) mass is 436 g/mol. The summed E-state index contributed by atoms with van der Waals surface area (Å²) < 4.78 is 9.36. The van der Waals surface area contributed by atoms with Crippen molar-refractivity contribution in [3.8, 4) is 6.07 Å². The molecule has 0 fully saturated rings. The molecule has 0 aromatic carbocycles. The topological polar surface area (TPSA) is 127 Å². The summed E-state index contributed by atoms with van der Waals surface area (Å²) in [6, 6.07) is 1.72. The molecule has 0 saturated carbocycles. The van der Waals surface area contributed by atoms with Crippen molar-refractivity contribution in [1.82, 2.24) is 30.1 Å². The van der Waals surface area contributed by atoms with Gasteiger partial charge in [0, 0.05) is 24.6 Å². The smallest absolute Gasteiger partial charge is 0.311 e. The molecule has 1 amide bonds. The number of aromatic amines is 1. The van der Waals surface area contributed by atoms with Gasteiger partial charge in [-0.1, -0.05) is 30.5 Å². The summed E-state index contributed by atoms with van der Waals surface area (Å²) in [5, 5.41) is 18.6. The highest BCUT2D eigenvalue weighted by Crippen LogP contribution is 2.33. The van der Waals surface area contributed by atoms with E-state index in [0.29, 0.717) is 36.7 Å². The van der Waals surface area contributed by atoms with Crippen LogP contribution in [0.25, 0.3) is 0 Å². The second-order valence-corrected chi connectivity index (χ2v) is 7.58. The summed E-state index contributed by atoms with van der Waals surface area (Å²) in [5.74, 6) is 0.0840. The van der Waals surface area contributed by atoms with Gasteiger partial charge in [0.2, 0.25) is 5.89 Å². The molecule has 2 aromatic rings. The number of H-pyrrole nitrogens is 1. The first kappa shape index (κ1) is 20.6. The van der Waals surface area contributed by atoms with Gasteiger partial charge in [-0.3, -0.25) is 4.79 Å². The van der Waals surface area contributed by atoms with Gasteiger partial charge in [0.05, 0.1) is 36.2 Å². The van der Waals surface area contributed by atoms with Crippen molar-refractivity contribution >= 4 is 18.3 Å². The van der Waals surface area contributed by atoms with Crippen LogP contribution in [0.1, 0.15) is 60.2 Å². The maximum absolute atomic E-state index is 13.2. The number of carbonyl (C=O) groups excluding carboxylic acids is 1.